The number of para-hydroxylation sites is 1. The highest BCUT2D eigenvalue weighted by atomic mass is 32.2. The molecule has 0 unspecified atom stereocenters. The van der Waals surface area contributed by atoms with Crippen LogP contribution in [0.15, 0.2) is 105 Å². The van der Waals surface area contributed by atoms with E-state index in [1.807, 2.05) is 6.92 Å². The van der Waals surface area contributed by atoms with Crippen molar-refractivity contribution in [1.82, 2.24) is 5.43 Å². The van der Waals surface area contributed by atoms with Crippen LogP contribution in [0.5, 0.6) is 5.75 Å². The summed E-state index contributed by atoms with van der Waals surface area (Å²) in [5.41, 5.74) is 3.85. The topological polar surface area (TPSA) is 128 Å². The average Bonchev–Trinajstić information content (AvgIpc) is 3.46. The number of hydrazone groups is 1. The number of esters is 1. The smallest absolute Gasteiger partial charge is 0.338 e. The van der Waals surface area contributed by atoms with Crippen LogP contribution in [0.1, 0.15) is 30.0 Å². The summed E-state index contributed by atoms with van der Waals surface area (Å²) in [6.07, 6.45) is 1.31. The minimum absolute atomic E-state index is 0.0134. The highest BCUT2D eigenvalue weighted by Gasteiger charge is 2.27. The van der Waals surface area contributed by atoms with Gasteiger partial charge in [-0.3, -0.25) is 9.10 Å². The second-order valence-corrected chi connectivity index (χ2v) is 10.4. The first-order valence-electron chi connectivity index (χ1n) is 12.8. The van der Waals surface area contributed by atoms with Gasteiger partial charge in [0.1, 0.15) is 23.8 Å². The van der Waals surface area contributed by atoms with Gasteiger partial charge in [-0.25, -0.2) is 18.6 Å². The summed E-state index contributed by atoms with van der Waals surface area (Å²) in [5, 5.41) is 3.92. The Bertz CT molecular complexity index is 1600. The van der Waals surface area contributed by atoms with Crippen molar-refractivity contribution in [3.63, 3.8) is 0 Å². The van der Waals surface area contributed by atoms with Crippen LogP contribution in [-0.4, -0.2) is 46.3 Å². The van der Waals surface area contributed by atoms with Crippen molar-refractivity contribution >= 4 is 33.8 Å². The molecule has 0 bridgehead atoms. The minimum atomic E-state index is -4.08. The minimum Gasteiger partial charge on any atom is -0.494 e. The van der Waals surface area contributed by atoms with E-state index in [1.54, 1.807) is 85.8 Å². The zero-order chi connectivity index (χ0) is 29.2. The summed E-state index contributed by atoms with van der Waals surface area (Å²) in [6.45, 7) is 3.81. The third-order valence-corrected chi connectivity index (χ3v) is 7.53. The normalized spacial score (nSPS) is 11.3. The van der Waals surface area contributed by atoms with Gasteiger partial charge in [-0.05, 0) is 74.5 Å². The summed E-state index contributed by atoms with van der Waals surface area (Å²) in [4.78, 5) is 24.6. The van der Waals surface area contributed by atoms with Gasteiger partial charge in [0.25, 0.3) is 15.9 Å². The Morgan fingerprint density at radius 1 is 0.902 bits per heavy atom. The maximum absolute atomic E-state index is 13.5. The van der Waals surface area contributed by atoms with Gasteiger partial charge in [0.2, 0.25) is 0 Å². The Balaban J connectivity index is 1.43. The molecule has 0 spiro atoms. The zero-order valence-electron chi connectivity index (χ0n) is 22.5. The third kappa shape index (κ3) is 7.40. The molecule has 4 aromatic rings. The molecule has 0 radical (unpaired) electrons. The molecule has 212 valence electrons. The zero-order valence-corrected chi connectivity index (χ0v) is 23.3. The second kappa shape index (κ2) is 13.4. The van der Waals surface area contributed by atoms with Crippen LogP contribution in [0.4, 0.5) is 5.69 Å². The van der Waals surface area contributed by atoms with Crippen LogP contribution >= 0.6 is 0 Å². The van der Waals surface area contributed by atoms with Crippen molar-refractivity contribution < 1.29 is 31.9 Å². The molecule has 0 atom stereocenters. The van der Waals surface area contributed by atoms with E-state index in [4.69, 9.17) is 13.9 Å². The third-order valence-electron chi connectivity index (χ3n) is 5.74. The van der Waals surface area contributed by atoms with Crippen LogP contribution in [0, 0.1) is 0 Å². The number of nitrogens with one attached hydrogen (secondary N) is 1. The Morgan fingerprint density at radius 3 is 2.27 bits per heavy atom. The Hall–Kier alpha value is -4.90. The van der Waals surface area contributed by atoms with Gasteiger partial charge in [-0.15, -0.1) is 0 Å². The maximum atomic E-state index is 13.5. The Kier molecular flexibility index (Phi) is 9.54. The molecule has 0 aliphatic carbocycles. The Morgan fingerprint density at radius 2 is 1.61 bits per heavy atom. The first-order chi connectivity index (χ1) is 19.8. The van der Waals surface area contributed by atoms with Crippen LogP contribution < -0.4 is 14.5 Å². The fourth-order valence-corrected chi connectivity index (χ4v) is 5.23. The maximum Gasteiger partial charge on any atom is 0.338 e. The van der Waals surface area contributed by atoms with Crippen molar-refractivity contribution in [2.45, 2.75) is 18.7 Å². The van der Waals surface area contributed by atoms with Gasteiger partial charge in [-0.1, -0.05) is 30.3 Å². The van der Waals surface area contributed by atoms with Crippen LogP contribution in [0.3, 0.4) is 0 Å². The van der Waals surface area contributed by atoms with Crippen LogP contribution in [-0.2, 0) is 19.6 Å². The molecule has 1 N–H and O–H groups in total. The molecule has 4 rings (SSSR count). The number of nitrogens with zero attached hydrogens (tertiary/aromatic N) is 2. The van der Waals surface area contributed by atoms with E-state index >= 15 is 0 Å². The lowest BCUT2D eigenvalue weighted by molar-refractivity contribution is -0.119. The molecule has 1 aromatic heterocycles. The molecule has 0 saturated heterocycles. The molecule has 11 heteroatoms. The number of carbonyl (C=O) groups excluding carboxylic acids is 2. The predicted octanol–water partition coefficient (Wildman–Crippen LogP) is 4.87. The molecular formula is C30H29N3O7S. The fraction of sp³-hybridized carbons (Fsp3) is 0.167. The quantitative estimate of drug-likeness (QED) is 0.145. The SMILES string of the molecule is CCOC(=O)c1ccc(-c2ccc(/C=N\NC(=O)CN(c3ccccc3)S(=O)(=O)c3ccc(OCC)cc3)o2)cc1. The molecule has 0 aliphatic rings. The van der Waals surface area contributed by atoms with Crippen molar-refractivity contribution in [3.05, 3.63) is 102 Å². The monoisotopic (exact) mass is 575 g/mol. The molecule has 10 nitrogen and oxygen atoms in total. The number of sulfonamides is 1. The lowest BCUT2D eigenvalue weighted by atomic mass is 10.1. The summed E-state index contributed by atoms with van der Waals surface area (Å²) in [5.74, 6) is 0.377. The van der Waals surface area contributed by atoms with Gasteiger partial charge in [-0.2, -0.15) is 5.10 Å². The first-order valence-corrected chi connectivity index (χ1v) is 14.3. The van der Waals surface area contributed by atoms with E-state index in [2.05, 4.69) is 10.5 Å². The van der Waals surface area contributed by atoms with Gasteiger partial charge in [0, 0.05) is 5.56 Å². The first kappa shape index (κ1) is 29.1. The number of rotatable bonds is 12. The Labute approximate surface area is 238 Å². The van der Waals surface area contributed by atoms with Crippen molar-refractivity contribution in [2.24, 2.45) is 5.10 Å². The summed E-state index contributed by atoms with van der Waals surface area (Å²) >= 11 is 0. The van der Waals surface area contributed by atoms with E-state index < -0.39 is 28.4 Å². The molecule has 0 saturated carbocycles. The standard InChI is InChI=1S/C30H29N3O7S/c1-3-38-25-14-17-27(18-15-25)41(36,37)33(24-8-6-5-7-9-24)21-29(34)32-31-20-26-16-19-28(40-26)22-10-12-23(13-11-22)30(35)39-4-2/h5-20H,3-4,21H2,1-2H3,(H,32,34)/b31-20-. The average molecular weight is 576 g/mol. The van der Waals surface area contributed by atoms with E-state index in [1.165, 1.54) is 18.3 Å². The molecule has 1 amide bonds. The van der Waals surface area contributed by atoms with Gasteiger partial charge < -0.3 is 13.9 Å². The molecule has 3 aromatic carbocycles. The van der Waals surface area contributed by atoms with E-state index in [9.17, 15) is 18.0 Å². The largest absolute Gasteiger partial charge is 0.494 e. The van der Waals surface area contributed by atoms with E-state index in [-0.39, 0.29) is 4.90 Å². The number of carbonyl (C=O) groups is 2. The second-order valence-electron chi connectivity index (χ2n) is 8.54. The molecule has 0 aliphatic heterocycles. The number of benzene rings is 3. The number of furan rings is 1. The number of ether oxygens (including phenoxy) is 2. The van der Waals surface area contributed by atoms with Gasteiger partial charge >= 0.3 is 5.97 Å². The van der Waals surface area contributed by atoms with E-state index in [0.717, 1.165) is 9.87 Å². The summed E-state index contributed by atoms with van der Waals surface area (Å²) < 4.78 is 44.1. The highest BCUT2D eigenvalue weighted by molar-refractivity contribution is 7.92. The number of hydrogen-bond donors (Lipinski definition) is 1. The predicted molar refractivity (Wildman–Crippen MR) is 154 cm³/mol. The lowest BCUT2D eigenvalue weighted by Crippen LogP contribution is -2.39. The molecular weight excluding hydrogens is 546 g/mol. The van der Waals surface area contributed by atoms with Gasteiger partial charge in [0.15, 0.2) is 0 Å². The number of amides is 1. The summed E-state index contributed by atoms with van der Waals surface area (Å²) in [6, 6.07) is 24.5. The van der Waals surface area contributed by atoms with Crippen molar-refractivity contribution in [3.8, 4) is 17.1 Å². The summed E-state index contributed by atoms with van der Waals surface area (Å²) in [7, 11) is -4.08. The molecule has 0 fully saturated rings. The fourth-order valence-electron chi connectivity index (χ4n) is 3.81. The van der Waals surface area contributed by atoms with Gasteiger partial charge in [0.05, 0.1) is 35.6 Å². The van der Waals surface area contributed by atoms with Crippen molar-refractivity contribution in [2.75, 3.05) is 24.1 Å². The van der Waals surface area contributed by atoms with Crippen molar-refractivity contribution in [1.29, 1.82) is 0 Å². The highest BCUT2D eigenvalue weighted by Crippen LogP contribution is 2.25. The van der Waals surface area contributed by atoms with Crippen LogP contribution in [0.2, 0.25) is 0 Å². The number of hydrogen-bond acceptors (Lipinski definition) is 8. The molecule has 1 heterocycles. The number of anilines is 1. The molecule has 41 heavy (non-hydrogen) atoms. The lowest BCUT2D eigenvalue weighted by Gasteiger charge is -2.23. The van der Waals surface area contributed by atoms with E-state index in [0.29, 0.717) is 41.7 Å². The van der Waals surface area contributed by atoms with Crippen LogP contribution in [0.25, 0.3) is 11.3 Å².